The molecule has 0 spiro atoms. The van der Waals surface area contributed by atoms with Crippen LogP contribution in [-0.4, -0.2) is 9.78 Å². The van der Waals surface area contributed by atoms with Crippen molar-refractivity contribution in [2.45, 2.75) is 5.38 Å². The lowest BCUT2D eigenvalue weighted by molar-refractivity contribution is 0.611. The quantitative estimate of drug-likeness (QED) is 0.590. The minimum absolute atomic E-state index is 0.336. The molecule has 21 heavy (non-hydrogen) atoms. The van der Waals surface area contributed by atoms with Crippen LogP contribution in [0.1, 0.15) is 16.5 Å². The van der Waals surface area contributed by atoms with E-state index in [0.29, 0.717) is 10.0 Å². The molecule has 2 aromatic carbocycles. The number of para-hydroxylation sites is 1. The smallest absolute Gasteiger partial charge is 0.129 e. The van der Waals surface area contributed by atoms with Crippen molar-refractivity contribution < 1.29 is 4.39 Å². The van der Waals surface area contributed by atoms with E-state index in [2.05, 4.69) is 21.0 Å². The first-order valence-electron chi connectivity index (χ1n) is 6.35. The van der Waals surface area contributed by atoms with Gasteiger partial charge in [0.1, 0.15) is 5.82 Å². The summed E-state index contributed by atoms with van der Waals surface area (Å²) in [5.41, 5.74) is 2.10. The molecule has 0 amide bonds. The van der Waals surface area contributed by atoms with Gasteiger partial charge in [0.2, 0.25) is 0 Å². The first-order chi connectivity index (χ1) is 10.2. The minimum Gasteiger partial charge on any atom is -0.241 e. The molecule has 1 heterocycles. The average Bonchev–Trinajstić information content (AvgIpc) is 2.97. The van der Waals surface area contributed by atoms with Crippen molar-refractivity contribution in [1.82, 2.24) is 9.78 Å². The lowest BCUT2D eigenvalue weighted by Gasteiger charge is -2.11. The number of aromatic nitrogens is 2. The van der Waals surface area contributed by atoms with E-state index in [9.17, 15) is 4.39 Å². The zero-order valence-corrected chi connectivity index (χ0v) is 13.2. The van der Waals surface area contributed by atoms with E-state index in [0.717, 1.165) is 11.3 Å². The van der Waals surface area contributed by atoms with E-state index in [1.165, 1.54) is 6.07 Å². The molecule has 0 N–H and O–H groups in total. The highest BCUT2D eigenvalue weighted by Crippen LogP contribution is 2.35. The predicted molar refractivity (Wildman–Crippen MR) is 85.4 cm³/mol. The van der Waals surface area contributed by atoms with Gasteiger partial charge in [-0.1, -0.05) is 40.2 Å². The summed E-state index contributed by atoms with van der Waals surface area (Å²) in [7, 11) is 0. The van der Waals surface area contributed by atoms with Crippen molar-refractivity contribution in [3.63, 3.8) is 0 Å². The molecule has 0 fully saturated rings. The number of halogens is 3. The van der Waals surface area contributed by atoms with Gasteiger partial charge in [-0.15, -0.1) is 11.6 Å². The topological polar surface area (TPSA) is 17.8 Å². The lowest BCUT2D eigenvalue weighted by atomic mass is 10.1. The van der Waals surface area contributed by atoms with E-state index in [-0.39, 0.29) is 5.82 Å². The highest BCUT2D eigenvalue weighted by Gasteiger charge is 2.20. The third-order valence-electron chi connectivity index (χ3n) is 3.17. The molecule has 0 aliphatic carbocycles. The minimum atomic E-state index is -0.599. The Morgan fingerprint density at radius 1 is 1.10 bits per heavy atom. The van der Waals surface area contributed by atoms with Crippen molar-refractivity contribution in [1.29, 1.82) is 0 Å². The number of rotatable bonds is 3. The molecule has 0 radical (unpaired) electrons. The molecular formula is C16H11BrClFN2. The fourth-order valence-electron chi connectivity index (χ4n) is 2.11. The van der Waals surface area contributed by atoms with Crippen molar-refractivity contribution in [3.05, 3.63) is 82.3 Å². The molecule has 5 heteroatoms. The lowest BCUT2D eigenvalue weighted by Crippen LogP contribution is -1.98. The summed E-state index contributed by atoms with van der Waals surface area (Å²) >= 11 is 9.76. The number of nitrogens with zero attached hydrogens (tertiary/aromatic N) is 2. The van der Waals surface area contributed by atoms with Gasteiger partial charge < -0.3 is 0 Å². The molecule has 3 rings (SSSR count). The normalized spacial score (nSPS) is 12.3. The first-order valence-corrected chi connectivity index (χ1v) is 7.58. The summed E-state index contributed by atoms with van der Waals surface area (Å²) < 4.78 is 16.3. The van der Waals surface area contributed by atoms with Gasteiger partial charge >= 0.3 is 0 Å². The summed E-state index contributed by atoms with van der Waals surface area (Å²) in [5.74, 6) is -0.336. The van der Waals surface area contributed by atoms with Gasteiger partial charge in [0, 0.05) is 21.8 Å². The Morgan fingerprint density at radius 3 is 2.57 bits per heavy atom. The maximum atomic E-state index is 14.0. The van der Waals surface area contributed by atoms with E-state index < -0.39 is 5.38 Å². The van der Waals surface area contributed by atoms with Crippen LogP contribution in [0.15, 0.2) is 65.4 Å². The fourth-order valence-corrected chi connectivity index (χ4v) is 3.15. The molecule has 0 aliphatic heterocycles. The van der Waals surface area contributed by atoms with Gasteiger partial charge in [-0.05, 0) is 24.3 Å². The molecule has 0 bridgehead atoms. The van der Waals surface area contributed by atoms with Crippen molar-refractivity contribution in [3.8, 4) is 5.69 Å². The second-order valence-corrected chi connectivity index (χ2v) is 5.84. The molecule has 0 saturated carbocycles. The predicted octanol–water partition coefficient (Wildman–Crippen LogP) is 5.10. The van der Waals surface area contributed by atoms with Gasteiger partial charge in [0.25, 0.3) is 0 Å². The van der Waals surface area contributed by atoms with E-state index in [1.807, 2.05) is 36.5 Å². The Balaban J connectivity index is 1.97. The maximum Gasteiger partial charge on any atom is 0.129 e. The number of alkyl halides is 1. The van der Waals surface area contributed by atoms with Crippen LogP contribution in [0.5, 0.6) is 0 Å². The van der Waals surface area contributed by atoms with Crippen LogP contribution in [0.2, 0.25) is 0 Å². The van der Waals surface area contributed by atoms with Crippen LogP contribution in [0.3, 0.4) is 0 Å². The Morgan fingerprint density at radius 2 is 1.86 bits per heavy atom. The Labute approximate surface area is 135 Å². The SMILES string of the molecule is Fc1cccc(Br)c1C(Cl)c1cnn(-c2ccccc2)c1. The molecule has 1 aromatic heterocycles. The van der Waals surface area contributed by atoms with Gasteiger partial charge in [-0.25, -0.2) is 9.07 Å². The monoisotopic (exact) mass is 364 g/mol. The molecule has 0 saturated heterocycles. The molecule has 0 aliphatic rings. The highest BCUT2D eigenvalue weighted by atomic mass is 79.9. The summed E-state index contributed by atoms with van der Waals surface area (Å²) in [4.78, 5) is 0. The van der Waals surface area contributed by atoms with Crippen LogP contribution in [0.25, 0.3) is 5.69 Å². The Hall–Kier alpha value is -1.65. The standard InChI is InChI=1S/C16H11BrClFN2/c17-13-7-4-8-14(19)15(13)16(18)11-9-20-21(10-11)12-5-2-1-3-6-12/h1-10,16H. The third kappa shape index (κ3) is 2.87. The van der Waals surface area contributed by atoms with E-state index in [4.69, 9.17) is 11.6 Å². The van der Waals surface area contributed by atoms with E-state index in [1.54, 1.807) is 23.0 Å². The summed E-state index contributed by atoms with van der Waals surface area (Å²) in [5, 5.41) is 3.69. The Kier molecular flexibility index (Phi) is 4.08. The molecular weight excluding hydrogens is 355 g/mol. The zero-order valence-electron chi connectivity index (χ0n) is 10.9. The summed E-state index contributed by atoms with van der Waals surface area (Å²) in [6, 6.07) is 14.5. The van der Waals surface area contributed by atoms with Crippen LogP contribution in [0.4, 0.5) is 4.39 Å². The fraction of sp³-hybridized carbons (Fsp3) is 0.0625. The van der Waals surface area contributed by atoms with Crippen LogP contribution in [0, 0.1) is 5.82 Å². The molecule has 1 unspecified atom stereocenters. The van der Waals surface area contributed by atoms with Gasteiger partial charge in [0.05, 0.1) is 17.3 Å². The van der Waals surface area contributed by atoms with Crippen molar-refractivity contribution in [2.75, 3.05) is 0 Å². The van der Waals surface area contributed by atoms with Gasteiger partial charge in [0.15, 0.2) is 0 Å². The number of benzene rings is 2. The third-order valence-corrected chi connectivity index (χ3v) is 4.33. The second-order valence-electron chi connectivity index (χ2n) is 4.55. The highest BCUT2D eigenvalue weighted by molar-refractivity contribution is 9.10. The molecule has 106 valence electrons. The first kappa shape index (κ1) is 14.3. The van der Waals surface area contributed by atoms with Gasteiger partial charge in [-0.2, -0.15) is 5.10 Å². The second kappa shape index (κ2) is 6.00. The van der Waals surface area contributed by atoms with Crippen LogP contribution in [-0.2, 0) is 0 Å². The van der Waals surface area contributed by atoms with Crippen LogP contribution >= 0.6 is 27.5 Å². The average molecular weight is 366 g/mol. The van der Waals surface area contributed by atoms with Crippen LogP contribution < -0.4 is 0 Å². The zero-order chi connectivity index (χ0) is 14.8. The maximum absolute atomic E-state index is 14.0. The molecule has 2 nitrogen and oxygen atoms in total. The largest absolute Gasteiger partial charge is 0.241 e. The summed E-state index contributed by atoms with van der Waals surface area (Å²) in [6.07, 6.45) is 3.47. The van der Waals surface area contributed by atoms with E-state index >= 15 is 0 Å². The van der Waals surface area contributed by atoms with Crippen molar-refractivity contribution in [2.24, 2.45) is 0 Å². The number of hydrogen-bond donors (Lipinski definition) is 0. The molecule has 1 atom stereocenters. The van der Waals surface area contributed by atoms with Gasteiger partial charge in [-0.3, -0.25) is 0 Å². The van der Waals surface area contributed by atoms with Crippen molar-refractivity contribution >= 4 is 27.5 Å². The summed E-state index contributed by atoms with van der Waals surface area (Å²) in [6.45, 7) is 0. The molecule has 3 aromatic rings. The number of hydrogen-bond acceptors (Lipinski definition) is 1. The Bertz CT molecular complexity index is 738.